The van der Waals surface area contributed by atoms with Gasteiger partial charge in [0, 0.05) is 24.0 Å². The Morgan fingerprint density at radius 3 is 3.00 bits per heavy atom. The molecule has 15 heavy (non-hydrogen) atoms. The molecule has 1 aromatic heterocycles. The van der Waals surface area contributed by atoms with Crippen molar-refractivity contribution in [2.75, 3.05) is 16.8 Å². The second-order valence-electron chi connectivity index (χ2n) is 3.60. The molecule has 5 heteroatoms. The highest BCUT2D eigenvalue weighted by atomic mass is 79.9. The minimum atomic E-state index is -0.633. The second kappa shape index (κ2) is 4.43. The molecule has 2 nitrogen and oxygen atoms in total. The zero-order valence-corrected chi connectivity index (χ0v) is 9.67. The number of pyridine rings is 1. The third kappa shape index (κ3) is 2.12. The lowest BCUT2D eigenvalue weighted by Gasteiger charge is -2.24. The molecule has 1 aromatic rings. The first-order valence-corrected chi connectivity index (χ1v) is 5.98. The fourth-order valence-electron chi connectivity index (χ4n) is 1.89. The van der Waals surface area contributed by atoms with E-state index in [0.717, 1.165) is 37.0 Å². The summed E-state index contributed by atoms with van der Waals surface area (Å²) in [6, 6.07) is 1.14. The van der Waals surface area contributed by atoms with E-state index in [0.29, 0.717) is 0 Å². The fraction of sp³-hybridized carbons (Fsp3) is 0.500. The average Bonchev–Trinajstić information content (AvgIpc) is 2.65. The van der Waals surface area contributed by atoms with Gasteiger partial charge in [0.2, 0.25) is 0 Å². The summed E-state index contributed by atoms with van der Waals surface area (Å²) in [5.74, 6) is -0.952. The largest absolute Gasteiger partial charge is 0.350 e. The number of hydrogen-bond donors (Lipinski definition) is 0. The number of halogens is 3. The van der Waals surface area contributed by atoms with E-state index in [-0.39, 0.29) is 11.9 Å². The molecule has 0 N–H and O–H groups in total. The molecule has 0 radical (unpaired) electrons. The number of rotatable bonds is 2. The Hall–Kier alpha value is -0.710. The lowest BCUT2D eigenvalue weighted by molar-refractivity contribution is 0.565. The van der Waals surface area contributed by atoms with Crippen molar-refractivity contribution in [3.8, 4) is 0 Å². The van der Waals surface area contributed by atoms with Crippen molar-refractivity contribution in [1.29, 1.82) is 0 Å². The van der Waals surface area contributed by atoms with Crippen LogP contribution in [0.15, 0.2) is 12.3 Å². The van der Waals surface area contributed by atoms with E-state index in [1.807, 2.05) is 4.90 Å². The number of nitrogens with zero attached hydrogens (tertiary/aromatic N) is 2. The molecule has 0 aliphatic carbocycles. The molecule has 0 saturated carbocycles. The standard InChI is InChI=1S/C10H11BrF2N2/c11-5-8-2-1-3-15(8)10-9(13)4-7(12)6-14-10/h4,6,8H,1-3,5H2. The number of anilines is 1. The summed E-state index contributed by atoms with van der Waals surface area (Å²) in [5, 5.41) is 0.783. The summed E-state index contributed by atoms with van der Waals surface area (Å²) in [6.07, 6.45) is 3.10. The number of hydrogen-bond acceptors (Lipinski definition) is 2. The van der Waals surface area contributed by atoms with Crippen LogP contribution in [0, 0.1) is 11.6 Å². The summed E-state index contributed by atoms with van der Waals surface area (Å²) in [6.45, 7) is 0.784. The summed E-state index contributed by atoms with van der Waals surface area (Å²) in [5.41, 5.74) is 0. The fourth-order valence-corrected chi connectivity index (χ4v) is 2.57. The Bertz CT molecular complexity index is 359. The molecule has 0 spiro atoms. The number of alkyl halides is 1. The molecule has 2 rings (SSSR count). The van der Waals surface area contributed by atoms with E-state index < -0.39 is 11.6 Å². The average molecular weight is 277 g/mol. The normalized spacial score (nSPS) is 21.0. The van der Waals surface area contributed by atoms with Gasteiger partial charge in [0.15, 0.2) is 11.6 Å². The van der Waals surface area contributed by atoms with Gasteiger partial charge in [-0.3, -0.25) is 0 Å². The predicted molar refractivity (Wildman–Crippen MR) is 58.3 cm³/mol. The van der Waals surface area contributed by atoms with Gasteiger partial charge in [0.05, 0.1) is 6.20 Å². The van der Waals surface area contributed by atoms with Gasteiger partial charge >= 0.3 is 0 Å². The van der Waals surface area contributed by atoms with Gasteiger partial charge in [-0.1, -0.05) is 15.9 Å². The van der Waals surface area contributed by atoms with Gasteiger partial charge in [-0.05, 0) is 12.8 Å². The molecule has 1 unspecified atom stereocenters. The Morgan fingerprint density at radius 1 is 1.53 bits per heavy atom. The van der Waals surface area contributed by atoms with Crippen LogP contribution < -0.4 is 4.90 Å². The first-order valence-electron chi connectivity index (χ1n) is 4.86. The monoisotopic (exact) mass is 276 g/mol. The molecular formula is C10H11BrF2N2. The van der Waals surface area contributed by atoms with Crippen LogP contribution in [0.3, 0.4) is 0 Å². The molecule has 2 heterocycles. The van der Waals surface area contributed by atoms with Gasteiger partial charge in [0.1, 0.15) is 5.82 Å². The van der Waals surface area contributed by atoms with Crippen molar-refractivity contribution in [3.05, 3.63) is 23.9 Å². The van der Waals surface area contributed by atoms with Gasteiger partial charge in [0.25, 0.3) is 0 Å². The molecule has 1 atom stereocenters. The van der Waals surface area contributed by atoms with E-state index in [9.17, 15) is 8.78 Å². The maximum Gasteiger partial charge on any atom is 0.168 e. The summed E-state index contributed by atoms with van der Waals surface area (Å²) in [7, 11) is 0. The maximum atomic E-state index is 13.5. The Balaban J connectivity index is 2.28. The highest BCUT2D eigenvalue weighted by molar-refractivity contribution is 9.09. The van der Waals surface area contributed by atoms with Crippen molar-refractivity contribution in [3.63, 3.8) is 0 Å². The van der Waals surface area contributed by atoms with Gasteiger partial charge in [-0.15, -0.1) is 0 Å². The Morgan fingerprint density at radius 2 is 2.33 bits per heavy atom. The first kappa shape index (κ1) is 10.8. The van der Waals surface area contributed by atoms with Crippen LogP contribution in [-0.2, 0) is 0 Å². The van der Waals surface area contributed by atoms with Crippen LogP contribution in [-0.4, -0.2) is 22.9 Å². The molecular weight excluding hydrogens is 266 g/mol. The quantitative estimate of drug-likeness (QED) is 0.773. The smallest absolute Gasteiger partial charge is 0.168 e. The lowest BCUT2D eigenvalue weighted by Crippen LogP contribution is -2.31. The third-order valence-corrected chi connectivity index (χ3v) is 3.36. The van der Waals surface area contributed by atoms with E-state index in [4.69, 9.17) is 0 Å². The zero-order valence-electron chi connectivity index (χ0n) is 8.09. The maximum absolute atomic E-state index is 13.5. The van der Waals surface area contributed by atoms with E-state index in [1.54, 1.807) is 0 Å². The molecule has 0 bridgehead atoms. The first-order chi connectivity index (χ1) is 7.22. The topological polar surface area (TPSA) is 16.1 Å². The molecule has 82 valence electrons. The molecule has 1 fully saturated rings. The molecule has 0 amide bonds. The van der Waals surface area contributed by atoms with Crippen molar-refractivity contribution in [1.82, 2.24) is 4.98 Å². The van der Waals surface area contributed by atoms with Gasteiger partial charge in [-0.25, -0.2) is 13.8 Å². The lowest BCUT2D eigenvalue weighted by atomic mass is 10.2. The predicted octanol–water partition coefficient (Wildman–Crippen LogP) is 2.72. The van der Waals surface area contributed by atoms with E-state index in [2.05, 4.69) is 20.9 Å². The molecule has 1 aliphatic rings. The van der Waals surface area contributed by atoms with Crippen molar-refractivity contribution in [2.24, 2.45) is 0 Å². The summed E-state index contributed by atoms with van der Waals surface area (Å²) < 4.78 is 26.1. The highest BCUT2D eigenvalue weighted by Gasteiger charge is 2.26. The minimum absolute atomic E-state index is 0.262. The Labute approximate surface area is 95.4 Å². The van der Waals surface area contributed by atoms with Crippen LogP contribution in [0.5, 0.6) is 0 Å². The zero-order chi connectivity index (χ0) is 10.8. The van der Waals surface area contributed by atoms with E-state index in [1.165, 1.54) is 0 Å². The number of aromatic nitrogens is 1. The SMILES string of the molecule is Fc1cnc(N2CCCC2CBr)c(F)c1. The molecule has 0 aromatic carbocycles. The molecule has 1 aliphatic heterocycles. The van der Waals surface area contributed by atoms with Crippen molar-refractivity contribution in [2.45, 2.75) is 18.9 Å². The third-order valence-electron chi connectivity index (χ3n) is 2.62. The van der Waals surface area contributed by atoms with Crippen LogP contribution in [0.2, 0.25) is 0 Å². The van der Waals surface area contributed by atoms with Crippen LogP contribution in [0.4, 0.5) is 14.6 Å². The van der Waals surface area contributed by atoms with Crippen molar-refractivity contribution < 1.29 is 8.78 Å². The summed E-state index contributed by atoms with van der Waals surface area (Å²) in [4.78, 5) is 5.71. The van der Waals surface area contributed by atoms with Crippen molar-refractivity contribution >= 4 is 21.7 Å². The second-order valence-corrected chi connectivity index (χ2v) is 4.25. The van der Waals surface area contributed by atoms with Crippen LogP contribution >= 0.6 is 15.9 Å². The van der Waals surface area contributed by atoms with Crippen LogP contribution in [0.1, 0.15) is 12.8 Å². The molecule has 1 saturated heterocycles. The Kier molecular flexibility index (Phi) is 3.19. The summed E-state index contributed by atoms with van der Waals surface area (Å²) >= 11 is 3.39. The van der Waals surface area contributed by atoms with E-state index >= 15 is 0 Å². The highest BCUT2D eigenvalue weighted by Crippen LogP contribution is 2.27. The minimum Gasteiger partial charge on any atom is -0.350 e. The van der Waals surface area contributed by atoms with Gasteiger partial charge < -0.3 is 4.90 Å². The van der Waals surface area contributed by atoms with Gasteiger partial charge in [-0.2, -0.15) is 0 Å². The van der Waals surface area contributed by atoms with Crippen LogP contribution in [0.25, 0.3) is 0 Å².